The lowest BCUT2D eigenvalue weighted by Gasteiger charge is -2.22. The molecule has 3 aromatic carbocycles. The number of rotatable bonds is 8. The number of hydrogen-bond acceptors (Lipinski definition) is 4. The Bertz CT molecular complexity index is 1280. The molecule has 1 atom stereocenters. The van der Waals surface area contributed by atoms with Crippen molar-refractivity contribution in [1.29, 1.82) is 0 Å². The summed E-state index contributed by atoms with van der Waals surface area (Å²) in [7, 11) is -3.83. The van der Waals surface area contributed by atoms with Gasteiger partial charge >= 0.3 is 0 Å². The van der Waals surface area contributed by atoms with Gasteiger partial charge in [-0.2, -0.15) is 0 Å². The first kappa shape index (κ1) is 24.8. The molecule has 0 spiro atoms. The van der Waals surface area contributed by atoms with Crippen LogP contribution in [0.1, 0.15) is 24.2 Å². The highest BCUT2D eigenvalue weighted by Gasteiger charge is 2.27. The maximum atomic E-state index is 13.9. The molecule has 0 radical (unpaired) electrons. The summed E-state index contributed by atoms with van der Waals surface area (Å²) in [5, 5.41) is 4.97. The summed E-state index contributed by atoms with van der Waals surface area (Å²) in [6, 6.07) is 15.7. The Morgan fingerprint density at radius 2 is 1.41 bits per heavy atom. The minimum Gasteiger partial charge on any atom is -0.340 e. The molecule has 34 heavy (non-hydrogen) atoms. The van der Waals surface area contributed by atoms with Gasteiger partial charge in [0.15, 0.2) is 0 Å². The number of anilines is 2. The Hall–Kier alpha value is -3.79. The molecule has 3 rings (SSSR count). The smallest absolute Gasteiger partial charge is 0.261 e. The Labute approximate surface area is 196 Å². The van der Waals surface area contributed by atoms with Gasteiger partial charge in [-0.25, -0.2) is 17.2 Å². The number of carbonyl (C=O) groups is 2. The summed E-state index contributed by atoms with van der Waals surface area (Å²) in [6.45, 7) is 3.32. The Morgan fingerprint density at radius 1 is 0.824 bits per heavy atom. The first-order valence-electron chi connectivity index (χ1n) is 10.3. The van der Waals surface area contributed by atoms with Crippen molar-refractivity contribution in [3.05, 3.63) is 90.0 Å². The second-order valence-corrected chi connectivity index (χ2v) is 9.46. The fourth-order valence-corrected chi connectivity index (χ4v) is 4.23. The standard InChI is InChI=1S/C24H23F2N3O4S/c1-15(2)22(28-23(30)21-19(25)12-7-13-20(21)26)24(31)27-16-8-6-9-17(14-16)29-34(32,33)18-10-4-3-5-11-18/h3-15,22,29H,1-2H3,(H,27,31)(H,28,30). The van der Waals surface area contributed by atoms with Crippen molar-refractivity contribution >= 4 is 33.2 Å². The van der Waals surface area contributed by atoms with Crippen LogP contribution in [0.15, 0.2) is 77.7 Å². The third-order valence-corrected chi connectivity index (χ3v) is 6.26. The molecular weight excluding hydrogens is 464 g/mol. The molecule has 10 heteroatoms. The molecule has 178 valence electrons. The molecule has 1 unspecified atom stereocenters. The van der Waals surface area contributed by atoms with E-state index >= 15 is 0 Å². The predicted molar refractivity (Wildman–Crippen MR) is 125 cm³/mol. The summed E-state index contributed by atoms with van der Waals surface area (Å²) < 4.78 is 55.4. The molecule has 0 heterocycles. The van der Waals surface area contributed by atoms with Crippen LogP contribution >= 0.6 is 0 Å². The minimum atomic E-state index is -3.83. The highest BCUT2D eigenvalue weighted by molar-refractivity contribution is 7.92. The van der Waals surface area contributed by atoms with Crippen LogP contribution in [0.5, 0.6) is 0 Å². The topological polar surface area (TPSA) is 104 Å². The molecule has 0 aliphatic heterocycles. The van der Waals surface area contributed by atoms with Crippen molar-refractivity contribution in [3.8, 4) is 0 Å². The van der Waals surface area contributed by atoms with E-state index in [9.17, 15) is 26.8 Å². The van der Waals surface area contributed by atoms with Gasteiger partial charge in [-0.15, -0.1) is 0 Å². The van der Waals surface area contributed by atoms with Gasteiger partial charge in [-0.1, -0.05) is 44.2 Å². The Kier molecular flexibility index (Phi) is 7.62. The van der Waals surface area contributed by atoms with Crippen molar-refractivity contribution < 1.29 is 26.8 Å². The zero-order valence-corrected chi connectivity index (χ0v) is 19.2. The molecule has 7 nitrogen and oxygen atoms in total. The Morgan fingerprint density at radius 3 is 2.03 bits per heavy atom. The summed E-state index contributed by atoms with van der Waals surface area (Å²) in [5.41, 5.74) is -0.311. The van der Waals surface area contributed by atoms with Gasteiger partial charge in [-0.05, 0) is 48.4 Å². The summed E-state index contributed by atoms with van der Waals surface area (Å²) >= 11 is 0. The van der Waals surface area contributed by atoms with E-state index in [4.69, 9.17) is 0 Å². The van der Waals surface area contributed by atoms with Gasteiger partial charge < -0.3 is 10.6 Å². The predicted octanol–water partition coefficient (Wildman–Crippen LogP) is 4.16. The van der Waals surface area contributed by atoms with Crippen LogP contribution in [0.3, 0.4) is 0 Å². The molecule has 3 aromatic rings. The van der Waals surface area contributed by atoms with Gasteiger partial charge in [0, 0.05) is 5.69 Å². The van der Waals surface area contributed by atoms with Gasteiger partial charge in [0.25, 0.3) is 15.9 Å². The maximum Gasteiger partial charge on any atom is 0.261 e. The van der Waals surface area contributed by atoms with E-state index in [0.29, 0.717) is 0 Å². The number of amides is 2. The van der Waals surface area contributed by atoms with Crippen molar-refractivity contribution in [1.82, 2.24) is 5.32 Å². The molecule has 0 aromatic heterocycles. The van der Waals surface area contributed by atoms with Crippen molar-refractivity contribution in [2.45, 2.75) is 24.8 Å². The number of nitrogens with one attached hydrogen (secondary N) is 3. The highest BCUT2D eigenvalue weighted by Crippen LogP contribution is 2.20. The fraction of sp³-hybridized carbons (Fsp3) is 0.167. The molecule has 0 aliphatic rings. The number of sulfonamides is 1. The Balaban J connectivity index is 1.75. The molecule has 2 amide bonds. The molecule has 0 aliphatic carbocycles. The SMILES string of the molecule is CC(C)C(NC(=O)c1c(F)cccc1F)C(=O)Nc1cccc(NS(=O)(=O)c2ccccc2)c1. The molecule has 0 saturated heterocycles. The summed E-state index contributed by atoms with van der Waals surface area (Å²) in [5.74, 6) is -4.20. The first-order valence-corrected chi connectivity index (χ1v) is 11.8. The quantitative estimate of drug-likeness (QED) is 0.444. The number of carbonyl (C=O) groups excluding carboxylic acids is 2. The molecule has 0 fully saturated rings. The van der Waals surface area contributed by atoms with Gasteiger partial charge in [0.1, 0.15) is 23.2 Å². The van der Waals surface area contributed by atoms with Crippen LogP contribution in [0.25, 0.3) is 0 Å². The highest BCUT2D eigenvalue weighted by atomic mass is 32.2. The van der Waals surface area contributed by atoms with Crippen LogP contribution in [0.2, 0.25) is 0 Å². The van der Waals surface area contributed by atoms with E-state index < -0.39 is 51.0 Å². The second kappa shape index (κ2) is 10.4. The zero-order valence-electron chi connectivity index (χ0n) is 18.4. The van der Waals surface area contributed by atoms with Crippen LogP contribution in [-0.4, -0.2) is 26.3 Å². The van der Waals surface area contributed by atoms with Crippen molar-refractivity contribution in [2.75, 3.05) is 10.0 Å². The average Bonchev–Trinajstić information content (AvgIpc) is 2.77. The summed E-state index contributed by atoms with van der Waals surface area (Å²) in [4.78, 5) is 25.4. The lowest BCUT2D eigenvalue weighted by molar-refractivity contribution is -0.118. The molecular formula is C24H23F2N3O4S. The third-order valence-electron chi connectivity index (χ3n) is 4.86. The van der Waals surface area contributed by atoms with E-state index in [1.165, 1.54) is 36.4 Å². The minimum absolute atomic E-state index is 0.0763. The average molecular weight is 488 g/mol. The largest absolute Gasteiger partial charge is 0.340 e. The van der Waals surface area contributed by atoms with Crippen LogP contribution < -0.4 is 15.4 Å². The number of hydrogen-bond donors (Lipinski definition) is 3. The lowest BCUT2D eigenvalue weighted by atomic mass is 10.0. The van der Waals surface area contributed by atoms with Gasteiger partial charge in [-0.3, -0.25) is 14.3 Å². The third kappa shape index (κ3) is 5.96. The monoisotopic (exact) mass is 487 g/mol. The van der Waals surface area contributed by atoms with E-state index in [-0.39, 0.29) is 16.3 Å². The van der Waals surface area contributed by atoms with E-state index in [0.717, 1.165) is 18.2 Å². The first-order chi connectivity index (χ1) is 16.1. The molecule has 0 bridgehead atoms. The van der Waals surface area contributed by atoms with Crippen LogP contribution in [-0.2, 0) is 14.8 Å². The maximum absolute atomic E-state index is 13.9. The summed E-state index contributed by atoms with van der Waals surface area (Å²) in [6.07, 6.45) is 0. The normalized spacial score (nSPS) is 12.1. The fourth-order valence-electron chi connectivity index (χ4n) is 3.16. The second-order valence-electron chi connectivity index (χ2n) is 7.78. The van der Waals surface area contributed by atoms with E-state index in [1.807, 2.05) is 0 Å². The molecule has 3 N–H and O–H groups in total. The lowest BCUT2D eigenvalue weighted by Crippen LogP contribution is -2.47. The number of benzene rings is 3. The van der Waals surface area contributed by atoms with Gasteiger partial charge in [0.2, 0.25) is 5.91 Å². The van der Waals surface area contributed by atoms with Crippen molar-refractivity contribution in [2.24, 2.45) is 5.92 Å². The van der Waals surface area contributed by atoms with Crippen molar-refractivity contribution in [3.63, 3.8) is 0 Å². The van der Waals surface area contributed by atoms with E-state index in [2.05, 4.69) is 15.4 Å². The van der Waals surface area contributed by atoms with Gasteiger partial charge in [0.05, 0.1) is 10.6 Å². The molecule has 0 saturated carbocycles. The van der Waals surface area contributed by atoms with Crippen LogP contribution in [0, 0.1) is 17.6 Å². The van der Waals surface area contributed by atoms with E-state index in [1.54, 1.807) is 32.0 Å². The zero-order chi connectivity index (χ0) is 24.9. The van der Waals surface area contributed by atoms with Crippen LogP contribution in [0.4, 0.5) is 20.2 Å². The number of halogens is 2.